The molecule has 5 nitrogen and oxygen atoms in total. The minimum Gasteiger partial charge on any atom is -0.367 e. The Labute approximate surface area is 159 Å². The lowest BCUT2D eigenvalue weighted by molar-refractivity contribution is -0.125. The van der Waals surface area contributed by atoms with E-state index in [1.54, 1.807) is 24.1 Å². The molecule has 136 valence electrons. The number of benzene rings is 1. The minimum atomic E-state index is -0.513. The summed E-state index contributed by atoms with van der Waals surface area (Å²) in [5.74, 6) is -1.14. The minimum absolute atomic E-state index is 0.0107. The molecule has 3 aliphatic rings. The molecular formula is C19H18BrFN2O3. The predicted octanol–water partition coefficient (Wildman–Crippen LogP) is 2.63. The van der Waals surface area contributed by atoms with Crippen molar-refractivity contribution in [2.24, 2.45) is 0 Å². The topological polar surface area (TPSA) is 58.6 Å². The largest absolute Gasteiger partial charge is 0.367 e. The fourth-order valence-electron chi connectivity index (χ4n) is 4.07. The lowest BCUT2D eigenvalue weighted by Crippen LogP contribution is -2.38. The molecule has 0 fully saturated rings. The Bertz CT molecular complexity index is 893. The van der Waals surface area contributed by atoms with Crippen LogP contribution in [-0.2, 0) is 14.3 Å². The van der Waals surface area contributed by atoms with Crippen LogP contribution in [0.5, 0.6) is 0 Å². The van der Waals surface area contributed by atoms with Gasteiger partial charge in [0.1, 0.15) is 12.4 Å². The van der Waals surface area contributed by atoms with Crippen LogP contribution in [0.1, 0.15) is 24.8 Å². The first-order valence-corrected chi connectivity index (χ1v) is 9.30. The number of hydrogen-bond donors (Lipinski definition) is 1. The van der Waals surface area contributed by atoms with E-state index in [1.807, 2.05) is 6.92 Å². The molecule has 26 heavy (non-hydrogen) atoms. The van der Waals surface area contributed by atoms with Crippen molar-refractivity contribution in [3.63, 3.8) is 0 Å². The Kier molecular flexibility index (Phi) is 4.23. The number of rotatable bonds is 2. The Morgan fingerprint density at radius 2 is 2.08 bits per heavy atom. The molecule has 0 saturated carbocycles. The smallest absolute Gasteiger partial charge is 0.252 e. The summed E-state index contributed by atoms with van der Waals surface area (Å²) < 4.78 is 19.5. The SMILES string of the molecule is CC[C@H]1C2=C(C(=O)N1C)[C@H](c1ccc(F)c(Br)c1)C1=C(COCC1=O)N2. The summed E-state index contributed by atoms with van der Waals surface area (Å²) in [6.45, 7) is 2.30. The van der Waals surface area contributed by atoms with Gasteiger partial charge in [-0.3, -0.25) is 9.59 Å². The zero-order valence-corrected chi connectivity index (χ0v) is 16.0. The molecule has 1 aromatic carbocycles. The number of nitrogens with one attached hydrogen (secondary N) is 1. The molecule has 4 rings (SSSR count). The van der Waals surface area contributed by atoms with E-state index in [2.05, 4.69) is 21.2 Å². The van der Waals surface area contributed by atoms with E-state index < -0.39 is 5.92 Å². The van der Waals surface area contributed by atoms with Gasteiger partial charge >= 0.3 is 0 Å². The number of Topliss-reactive ketones (excluding diaryl/α,β-unsaturated/α-hetero) is 1. The zero-order valence-electron chi connectivity index (χ0n) is 14.4. The maximum absolute atomic E-state index is 13.8. The predicted molar refractivity (Wildman–Crippen MR) is 96.7 cm³/mol. The molecule has 1 amide bonds. The molecule has 0 aliphatic carbocycles. The van der Waals surface area contributed by atoms with Crippen molar-refractivity contribution in [3.8, 4) is 0 Å². The average molecular weight is 421 g/mol. The van der Waals surface area contributed by atoms with E-state index in [9.17, 15) is 14.0 Å². The van der Waals surface area contributed by atoms with Crippen LogP contribution in [0, 0.1) is 5.82 Å². The molecule has 0 aromatic heterocycles. The Hall–Kier alpha value is -1.99. The van der Waals surface area contributed by atoms with E-state index >= 15 is 0 Å². The normalized spacial score (nSPS) is 25.5. The molecule has 0 spiro atoms. The highest BCUT2D eigenvalue weighted by molar-refractivity contribution is 9.10. The number of amides is 1. The number of hydrogen-bond acceptors (Lipinski definition) is 4. The highest BCUT2D eigenvalue weighted by atomic mass is 79.9. The molecule has 0 bridgehead atoms. The number of likely N-dealkylation sites (N-methyl/N-ethyl adjacent to an activating group) is 1. The third kappa shape index (κ3) is 2.45. The molecule has 3 aliphatic heterocycles. The highest BCUT2D eigenvalue weighted by Crippen LogP contribution is 2.45. The first-order chi connectivity index (χ1) is 12.4. The third-order valence-corrected chi connectivity index (χ3v) is 5.88. The van der Waals surface area contributed by atoms with Gasteiger partial charge in [0.2, 0.25) is 0 Å². The van der Waals surface area contributed by atoms with Crippen LogP contribution in [0.3, 0.4) is 0 Å². The fraction of sp³-hybridized carbons (Fsp3) is 0.368. The summed E-state index contributed by atoms with van der Waals surface area (Å²) in [7, 11) is 1.77. The Morgan fingerprint density at radius 1 is 1.31 bits per heavy atom. The van der Waals surface area contributed by atoms with Crippen LogP contribution in [0.25, 0.3) is 0 Å². The molecule has 0 unspecified atom stereocenters. The Balaban J connectivity index is 1.93. The molecule has 2 atom stereocenters. The second kappa shape index (κ2) is 6.32. The summed E-state index contributed by atoms with van der Waals surface area (Å²) in [6.07, 6.45) is 0.755. The van der Waals surface area contributed by atoms with Crippen molar-refractivity contribution in [1.29, 1.82) is 0 Å². The first-order valence-electron chi connectivity index (χ1n) is 8.51. The van der Waals surface area contributed by atoms with Gasteiger partial charge in [0.05, 0.1) is 22.7 Å². The van der Waals surface area contributed by atoms with Crippen LogP contribution < -0.4 is 5.32 Å². The van der Waals surface area contributed by atoms with E-state index in [0.29, 0.717) is 33.5 Å². The molecule has 1 aromatic rings. The second-order valence-electron chi connectivity index (χ2n) is 6.71. The number of dihydropyridines is 1. The van der Waals surface area contributed by atoms with Crippen LogP contribution in [0.4, 0.5) is 4.39 Å². The summed E-state index contributed by atoms with van der Waals surface area (Å²) in [6, 6.07) is 4.57. The lowest BCUT2D eigenvalue weighted by Gasteiger charge is -2.33. The van der Waals surface area contributed by atoms with Crippen molar-refractivity contribution >= 4 is 27.6 Å². The van der Waals surface area contributed by atoms with E-state index in [1.165, 1.54) is 6.07 Å². The molecule has 7 heteroatoms. The summed E-state index contributed by atoms with van der Waals surface area (Å²) >= 11 is 3.21. The van der Waals surface area contributed by atoms with Crippen LogP contribution >= 0.6 is 15.9 Å². The fourth-order valence-corrected chi connectivity index (χ4v) is 4.46. The van der Waals surface area contributed by atoms with Gasteiger partial charge in [-0.25, -0.2) is 4.39 Å². The van der Waals surface area contributed by atoms with E-state index in [4.69, 9.17) is 4.74 Å². The van der Waals surface area contributed by atoms with Gasteiger partial charge in [0.25, 0.3) is 5.91 Å². The number of halogens is 2. The number of nitrogens with zero attached hydrogens (tertiary/aromatic N) is 1. The number of carbonyl (C=O) groups is 2. The van der Waals surface area contributed by atoms with Gasteiger partial charge in [0.15, 0.2) is 5.78 Å². The summed E-state index contributed by atoms with van der Waals surface area (Å²) in [5.41, 5.74) is 3.36. The number of ether oxygens (including phenoxy) is 1. The molecule has 0 radical (unpaired) electrons. The van der Waals surface area contributed by atoms with Crippen molar-refractivity contribution < 1.29 is 18.7 Å². The van der Waals surface area contributed by atoms with Crippen molar-refractivity contribution in [3.05, 3.63) is 56.6 Å². The van der Waals surface area contributed by atoms with Gasteiger partial charge in [-0.2, -0.15) is 0 Å². The summed E-state index contributed by atoms with van der Waals surface area (Å²) in [4.78, 5) is 27.3. The molecule has 1 N–H and O–H groups in total. The van der Waals surface area contributed by atoms with Gasteiger partial charge in [0, 0.05) is 29.9 Å². The molecular weight excluding hydrogens is 403 g/mol. The third-order valence-electron chi connectivity index (χ3n) is 5.27. The van der Waals surface area contributed by atoms with Crippen LogP contribution in [-0.4, -0.2) is 42.9 Å². The van der Waals surface area contributed by atoms with Crippen LogP contribution in [0.2, 0.25) is 0 Å². The molecule has 3 heterocycles. The van der Waals surface area contributed by atoms with Gasteiger partial charge < -0.3 is 15.0 Å². The van der Waals surface area contributed by atoms with Crippen molar-refractivity contribution in [2.45, 2.75) is 25.3 Å². The maximum atomic E-state index is 13.8. The van der Waals surface area contributed by atoms with Crippen molar-refractivity contribution in [1.82, 2.24) is 10.2 Å². The standard InChI is InChI=1S/C19H18BrFN2O3/c1-3-13-18-17(19(25)23(13)2)15(9-4-5-11(21)10(20)6-9)16-12(22-18)7-26-8-14(16)24/h4-6,13,15,22H,3,7-8H2,1-2H3/t13-,15+/m0/s1. The van der Waals surface area contributed by atoms with E-state index in [0.717, 1.165) is 12.1 Å². The maximum Gasteiger partial charge on any atom is 0.252 e. The van der Waals surface area contributed by atoms with Gasteiger partial charge in [-0.1, -0.05) is 13.0 Å². The highest BCUT2D eigenvalue weighted by Gasteiger charge is 2.47. The lowest BCUT2D eigenvalue weighted by atomic mass is 9.78. The summed E-state index contributed by atoms with van der Waals surface area (Å²) in [5, 5.41) is 3.30. The first kappa shape index (κ1) is 17.4. The van der Waals surface area contributed by atoms with Crippen LogP contribution in [0.15, 0.2) is 45.2 Å². The quantitative estimate of drug-likeness (QED) is 0.798. The second-order valence-corrected chi connectivity index (χ2v) is 7.56. The number of carbonyl (C=O) groups excluding carboxylic acids is 2. The van der Waals surface area contributed by atoms with Gasteiger partial charge in [-0.05, 0) is 40.0 Å². The van der Waals surface area contributed by atoms with E-state index in [-0.39, 0.29) is 30.2 Å². The monoisotopic (exact) mass is 420 g/mol. The molecule has 0 saturated heterocycles. The van der Waals surface area contributed by atoms with Gasteiger partial charge in [-0.15, -0.1) is 0 Å². The number of ketones is 1. The Morgan fingerprint density at radius 3 is 2.77 bits per heavy atom. The average Bonchev–Trinajstić information content (AvgIpc) is 2.86. The zero-order chi connectivity index (χ0) is 18.6. The van der Waals surface area contributed by atoms with Crippen molar-refractivity contribution in [2.75, 3.05) is 20.3 Å².